The number of nitrogens with two attached hydrogens (primary N) is 2. The number of hydrogen-bond acceptors (Lipinski definition) is 4. The third-order valence-electron chi connectivity index (χ3n) is 12.3. The van der Waals surface area contributed by atoms with E-state index in [0.29, 0.717) is 6.54 Å². The Hall–Kier alpha value is -7.34. The van der Waals surface area contributed by atoms with Crippen molar-refractivity contribution in [3.63, 3.8) is 0 Å². The minimum absolute atomic E-state index is 0.0685. The van der Waals surface area contributed by atoms with Gasteiger partial charge in [0.2, 0.25) is 0 Å². The summed E-state index contributed by atoms with van der Waals surface area (Å²) in [6.45, 7) is 0.635. The molecule has 294 valence electrons. The molecule has 2 aliphatic rings. The van der Waals surface area contributed by atoms with Gasteiger partial charge in [0.15, 0.2) is 0 Å². The number of nitrogens with zero attached hydrogens (tertiary/aromatic N) is 1. The normalized spacial score (nSPS) is 13.2. The smallest absolute Gasteiger partial charge is 0.0754 e. The fourth-order valence-corrected chi connectivity index (χ4v) is 9.49. The maximum atomic E-state index is 6.31. The lowest BCUT2D eigenvalue weighted by Gasteiger charge is -2.45. The summed E-state index contributed by atoms with van der Waals surface area (Å²) in [4.78, 5) is 2.42. The van der Waals surface area contributed by atoms with Crippen molar-refractivity contribution in [2.24, 2.45) is 11.6 Å². The maximum Gasteiger partial charge on any atom is 0.0754 e. The topological polar surface area (TPSA) is 67.3 Å². The molecule has 1 unspecified atom stereocenters. The fraction of sp³-hybridized carbons (Fsp3) is 0.0526. The Labute approximate surface area is 358 Å². The molecule has 1 spiro atoms. The first kappa shape index (κ1) is 37.9. The van der Waals surface area contributed by atoms with E-state index in [9.17, 15) is 0 Å². The molecule has 0 aromatic heterocycles. The number of benzene rings is 9. The highest BCUT2D eigenvalue weighted by molar-refractivity contribution is 5.96. The van der Waals surface area contributed by atoms with Gasteiger partial charge >= 0.3 is 0 Å². The van der Waals surface area contributed by atoms with Gasteiger partial charge in [-0.3, -0.25) is 11.3 Å². The zero-order valence-electron chi connectivity index (χ0n) is 33.8. The molecule has 1 aliphatic heterocycles. The lowest BCUT2D eigenvalue weighted by Crippen LogP contribution is -2.36. The van der Waals surface area contributed by atoms with E-state index < -0.39 is 5.41 Å². The predicted octanol–water partition coefficient (Wildman–Crippen LogP) is 12.9. The molecule has 4 nitrogen and oxygen atoms in total. The molecule has 9 aromatic carbocycles. The Morgan fingerprint density at radius 1 is 0.410 bits per heavy atom. The van der Waals surface area contributed by atoms with E-state index in [1.807, 2.05) is 24.3 Å². The van der Waals surface area contributed by atoms with Crippen molar-refractivity contribution in [2.45, 2.75) is 18.0 Å². The van der Waals surface area contributed by atoms with Gasteiger partial charge in [0.1, 0.15) is 0 Å². The summed E-state index contributed by atoms with van der Waals surface area (Å²) >= 11 is 0. The van der Waals surface area contributed by atoms with Crippen molar-refractivity contribution in [2.75, 3.05) is 4.90 Å². The standard InChI is InChI=1S/C38H29N3.C19H17N/c39-40-25-26-11-10-12-27(23-26)28-21-22-33-31(24-28)30-15-4-5-16-32(30)38(33)34-17-6-8-19-36(34)41(29-13-2-1-3-14-29)37-20-9-7-18-35(37)38;20-19(17-9-5-2-6-10-17)18-13-11-16(12-14-18)15-7-3-1-4-8-15/h1-24,40H,25,39H2;1-14,19H,20H2. The summed E-state index contributed by atoms with van der Waals surface area (Å²) in [5.41, 5.74) is 28.4. The van der Waals surface area contributed by atoms with Crippen LogP contribution in [0.4, 0.5) is 17.1 Å². The summed E-state index contributed by atoms with van der Waals surface area (Å²) in [6, 6.07) is 82.2. The molecule has 0 fully saturated rings. The van der Waals surface area contributed by atoms with Crippen molar-refractivity contribution in [3.05, 3.63) is 269 Å². The van der Waals surface area contributed by atoms with Crippen molar-refractivity contribution >= 4 is 17.1 Å². The number of rotatable bonds is 7. The van der Waals surface area contributed by atoms with Gasteiger partial charge in [-0.05, 0) is 109 Å². The molecule has 0 radical (unpaired) electrons. The second kappa shape index (κ2) is 16.4. The summed E-state index contributed by atoms with van der Waals surface area (Å²) in [5.74, 6) is 5.63. The molecular weight excluding hydrogens is 741 g/mol. The molecule has 0 bridgehead atoms. The minimum Gasteiger partial charge on any atom is -0.320 e. The van der Waals surface area contributed by atoms with Crippen molar-refractivity contribution < 1.29 is 0 Å². The second-order valence-corrected chi connectivity index (χ2v) is 15.7. The lowest BCUT2D eigenvalue weighted by molar-refractivity contribution is 0.741. The number of anilines is 3. The summed E-state index contributed by atoms with van der Waals surface area (Å²) in [6.07, 6.45) is 0. The molecule has 5 N–H and O–H groups in total. The minimum atomic E-state index is -0.422. The number of nitrogens with one attached hydrogen (secondary N) is 1. The van der Waals surface area contributed by atoms with Gasteiger partial charge in [0.25, 0.3) is 0 Å². The lowest BCUT2D eigenvalue weighted by atomic mass is 9.64. The Morgan fingerprint density at radius 3 is 1.57 bits per heavy atom. The summed E-state index contributed by atoms with van der Waals surface area (Å²) in [7, 11) is 0. The molecule has 4 heteroatoms. The third kappa shape index (κ3) is 6.73. The van der Waals surface area contributed by atoms with Gasteiger partial charge in [0, 0.05) is 12.2 Å². The predicted molar refractivity (Wildman–Crippen MR) is 253 cm³/mol. The zero-order valence-corrected chi connectivity index (χ0v) is 33.8. The molecule has 9 aromatic rings. The van der Waals surface area contributed by atoms with Crippen molar-refractivity contribution in [1.82, 2.24) is 5.43 Å². The molecule has 1 atom stereocenters. The van der Waals surface area contributed by atoms with Crippen LogP contribution in [0.5, 0.6) is 0 Å². The molecule has 0 saturated heterocycles. The zero-order chi connectivity index (χ0) is 41.2. The summed E-state index contributed by atoms with van der Waals surface area (Å²) in [5, 5.41) is 0. The Morgan fingerprint density at radius 2 is 0.902 bits per heavy atom. The van der Waals surface area contributed by atoms with E-state index in [-0.39, 0.29) is 6.04 Å². The van der Waals surface area contributed by atoms with Gasteiger partial charge in [0.05, 0.1) is 22.8 Å². The Kier molecular flexibility index (Phi) is 10.2. The summed E-state index contributed by atoms with van der Waals surface area (Å²) < 4.78 is 0. The van der Waals surface area contributed by atoms with E-state index in [2.05, 4.69) is 217 Å². The Bertz CT molecular complexity index is 2900. The quantitative estimate of drug-likeness (QED) is 0.111. The molecule has 0 saturated carbocycles. The molecule has 61 heavy (non-hydrogen) atoms. The maximum absolute atomic E-state index is 6.31. The van der Waals surface area contributed by atoms with E-state index in [1.165, 1.54) is 72.6 Å². The van der Waals surface area contributed by atoms with Crippen LogP contribution < -0.4 is 21.9 Å². The molecule has 0 amide bonds. The van der Waals surface area contributed by atoms with Crippen LogP contribution in [0.15, 0.2) is 231 Å². The van der Waals surface area contributed by atoms with Gasteiger partial charge < -0.3 is 10.6 Å². The first-order valence-corrected chi connectivity index (χ1v) is 20.9. The van der Waals surface area contributed by atoms with Crippen molar-refractivity contribution in [3.8, 4) is 33.4 Å². The van der Waals surface area contributed by atoms with Crippen LogP contribution in [0, 0.1) is 0 Å². The van der Waals surface area contributed by atoms with Gasteiger partial charge in [-0.15, -0.1) is 0 Å². The van der Waals surface area contributed by atoms with Crippen molar-refractivity contribution in [1.29, 1.82) is 0 Å². The van der Waals surface area contributed by atoms with E-state index in [4.69, 9.17) is 11.6 Å². The average Bonchev–Trinajstić information content (AvgIpc) is 3.63. The van der Waals surface area contributed by atoms with E-state index in [1.54, 1.807) is 0 Å². The van der Waals surface area contributed by atoms with Crippen LogP contribution in [0.25, 0.3) is 33.4 Å². The van der Waals surface area contributed by atoms with Crippen LogP contribution in [0.3, 0.4) is 0 Å². The van der Waals surface area contributed by atoms with E-state index >= 15 is 0 Å². The second-order valence-electron chi connectivity index (χ2n) is 15.7. The molecule has 11 rings (SSSR count). The highest BCUT2D eigenvalue weighted by atomic mass is 15.2. The monoisotopic (exact) mass is 786 g/mol. The van der Waals surface area contributed by atoms with Gasteiger partial charge in [-0.25, -0.2) is 0 Å². The van der Waals surface area contributed by atoms with E-state index in [0.717, 1.165) is 16.8 Å². The fourth-order valence-electron chi connectivity index (χ4n) is 9.49. The van der Waals surface area contributed by atoms with Crippen LogP contribution in [-0.2, 0) is 12.0 Å². The van der Waals surface area contributed by atoms with Crippen LogP contribution in [-0.4, -0.2) is 0 Å². The van der Waals surface area contributed by atoms with Gasteiger partial charge in [-0.1, -0.05) is 194 Å². The highest BCUT2D eigenvalue weighted by Crippen LogP contribution is 2.63. The average molecular weight is 787 g/mol. The van der Waals surface area contributed by atoms with Gasteiger partial charge in [-0.2, -0.15) is 0 Å². The van der Waals surface area contributed by atoms with Crippen LogP contribution in [0.1, 0.15) is 45.0 Å². The number of hydrogen-bond donors (Lipinski definition) is 3. The van der Waals surface area contributed by atoms with Crippen LogP contribution in [0.2, 0.25) is 0 Å². The Balaban J connectivity index is 0.000000187. The largest absolute Gasteiger partial charge is 0.320 e. The molecule has 1 aliphatic carbocycles. The number of hydrazine groups is 1. The molecule has 1 heterocycles. The number of fused-ring (bicyclic) bond motifs is 9. The van der Waals surface area contributed by atoms with Crippen LogP contribution >= 0.6 is 0 Å². The first-order chi connectivity index (χ1) is 30.1. The first-order valence-electron chi connectivity index (χ1n) is 20.9. The third-order valence-corrected chi connectivity index (χ3v) is 12.3. The highest BCUT2D eigenvalue weighted by Gasteiger charge is 2.51. The SMILES string of the molecule is NC(c1ccccc1)c1ccc(-c2ccccc2)cc1.NNCc1cccc(-c2ccc3c(c2)-c2ccccc2C32c3ccccc3N(c3ccccc3)c3ccccc32)c1. The molecular formula is C57H46N4. The number of para-hydroxylation sites is 3.